The van der Waals surface area contributed by atoms with Gasteiger partial charge in [-0.1, -0.05) is 85.7 Å². The second kappa shape index (κ2) is 11.0. The first-order chi connectivity index (χ1) is 15.1. The van der Waals surface area contributed by atoms with E-state index < -0.39 is 0 Å². The van der Waals surface area contributed by atoms with Gasteiger partial charge < -0.3 is 9.47 Å². The molecule has 1 unspecified atom stereocenters. The minimum Gasteiger partial charge on any atom is -0.497 e. The lowest BCUT2D eigenvalue weighted by Gasteiger charge is -2.30. The largest absolute Gasteiger partial charge is 0.497 e. The van der Waals surface area contributed by atoms with Gasteiger partial charge in [0, 0.05) is 12.3 Å². The summed E-state index contributed by atoms with van der Waals surface area (Å²) < 4.78 is 9.66. The van der Waals surface area contributed by atoms with Gasteiger partial charge in [-0.05, 0) is 58.1 Å². The van der Waals surface area contributed by atoms with Crippen LogP contribution in [0.3, 0.4) is 0 Å². The highest BCUT2D eigenvalue weighted by Crippen LogP contribution is 2.62. The number of methoxy groups -OCH3 is 2. The zero-order valence-electron chi connectivity index (χ0n) is 22.2. The number of hydrogen-bond acceptors (Lipinski definition) is 3. The molecule has 3 nitrogen and oxygen atoms in total. The van der Waals surface area contributed by atoms with E-state index in [0.717, 1.165) is 5.75 Å². The fraction of sp³-hybridized carbons (Fsp3) is 0.552. The summed E-state index contributed by atoms with van der Waals surface area (Å²) >= 11 is 0. The molecule has 0 bridgehead atoms. The van der Waals surface area contributed by atoms with Crippen molar-refractivity contribution in [2.45, 2.75) is 91.4 Å². The highest BCUT2D eigenvalue weighted by Gasteiger charge is 2.56. The molecule has 0 amide bonds. The highest BCUT2D eigenvalue weighted by molar-refractivity contribution is 5.65. The van der Waals surface area contributed by atoms with E-state index in [4.69, 9.17) is 4.74 Å². The quantitative estimate of drug-likeness (QED) is 0.429. The van der Waals surface area contributed by atoms with Crippen LogP contribution in [-0.4, -0.2) is 20.2 Å². The maximum atomic E-state index is 9.59. The van der Waals surface area contributed by atoms with E-state index in [9.17, 15) is 4.79 Å². The van der Waals surface area contributed by atoms with Gasteiger partial charge in [-0.25, -0.2) is 0 Å². The molecule has 178 valence electrons. The summed E-state index contributed by atoms with van der Waals surface area (Å²) in [5, 5.41) is 0. The third-order valence-electron chi connectivity index (χ3n) is 6.42. The smallest absolute Gasteiger partial charge is 0.302 e. The SMILES string of the molecule is CC.CC.COC(C)=O.COc1ccc2c(c1)C1(CC(C)(C)c3ccccc31)CC2(C)C. The summed E-state index contributed by atoms with van der Waals surface area (Å²) in [5.41, 5.74) is 6.59. The summed E-state index contributed by atoms with van der Waals surface area (Å²) in [5.74, 6) is 0.730. The van der Waals surface area contributed by atoms with Crippen molar-refractivity contribution >= 4 is 5.97 Å². The van der Waals surface area contributed by atoms with E-state index in [-0.39, 0.29) is 22.2 Å². The van der Waals surface area contributed by atoms with Crippen LogP contribution in [0.2, 0.25) is 0 Å². The number of fused-ring (bicyclic) bond motifs is 4. The fourth-order valence-electron chi connectivity index (χ4n) is 5.41. The van der Waals surface area contributed by atoms with Gasteiger partial charge >= 0.3 is 5.97 Å². The first-order valence-electron chi connectivity index (χ1n) is 11.9. The minimum atomic E-state index is -0.245. The number of carbonyl (C=O) groups excluding carboxylic acids is 1. The van der Waals surface area contributed by atoms with Gasteiger partial charge in [0.15, 0.2) is 0 Å². The molecule has 3 heteroatoms. The second-order valence-corrected chi connectivity index (χ2v) is 9.36. The summed E-state index contributed by atoms with van der Waals surface area (Å²) in [6, 6.07) is 15.8. The summed E-state index contributed by atoms with van der Waals surface area (Å²) in [7, 11) is 3.11. The Bertz CT molecular complexity index is 891. The Balaban J connectivity index is 0.000000497. The van der Waals surface area contributed by atoms with Crippen LogP contribution in [0.4, 0.5) is 0 Å². The molecule has 32 heavy (non-hydrogen) atoms. The van der Waals surface area contributed by atoms with Crippen molar-refractivity contribution in [2.75, 3.05) is 14.2 Å². The molecule has 1 atom stereocenters. The molecule has 0 fully saturated rings. The van der Waals surface area contributed by atoms with Crippen LogP contribution in [0, 0.1) is 0 Å². The number of hydrogen-bond donors (Lipinski definition) is 0. The molecule has 0 radical (unpaired) electrons. The molecule has 0 saturated carbocycles. The predicted molar refractivity (Wildman–Crippen MR) is 136 cm³/mol. The van der Waals surface area contributed by atoms with Gasteiger partial charge in [0.1, 0.15) is 5.75 Å². The van der Waals surface area contributed by atoms with E-state index in [2.05, 4.69) is 74.9 Å². The van der Waals surface area contributed by atoms with Crippen molar-refractivity contribution < 1.29 is 14.3 Å². The average Bonchev–Trinajstić information content (AvgIpc) is 3.16. The summed E-state index contributed by atoms with van der Waals surface area (Å²) in [4.78, 5) is 9.59. The number of carbonyl (C=O) groups is 1. The van der Waals surface area contributed by atoms with E-state index >= 15 is 0 Å². The van der Waals surface area contributed by atoms with Crippen molar-refractivity contribution in [2.24, 2.45) is 0 Å². The monoisotopic (exact) mass is 440 g/mol. The predicted octanol–water partition coefficient (Wildman–Crippen LogP) is 7.58. The van der Waals surface area contributed by atoms with Gasteiger partial charge in [-0.15, -0.1) is 0 Å². The maximum Gasteiger partial charge on any atom is 0.302 e. The van der Waals surface area contributed by atoms with Crippen molar-refractivity contribution in [3.8, 4) is 5.75 Å². The average molecular weight is 441 g/mol. The standard InChI is InChI=1S/C22H26O.C3H6O2.2C2H6/c1-20(2)13-22(18-9-7-6-8-16(18)20)14-21(3,4)17-11-10-15(23-5)12-19(17)22;1-3(4)5-2;2*1-2/h6-12H,13-14H2,1-5H3;1-2H3;2*1-2H3. The Morgan fingerprint density at radius 3 is 1.62 bits per heavy atom. The van der Waals surface area contributed by atoms with Crippen LogP contribution in [0.15, 0.2) is 42.5 Å². The zero-order valence-corrected chi connectivity index (χ0v) is 22.2. The molecule has 0 saturated heterocycles. The molecular formula is C29H44O3. The van der Waals surface area contributed by atoms with Gasteiger partial charge in [0.25, 0.3) is 0 Å². The molecule has 0 aliphatic heterocycles. The van der Waals surface area contributed by atoms with Crippen molar-refractivity contribution in [3.05, 3.63) is 64.7 Å². The lowest BCUT2D eigenvalue weighted by molar-refractivity contribution is -0.137. The second-order valence-electron chi connectivity index (χ2n) is 9.36. The van der Waals surface area contributed by atoms with Crippen LogP contribution < -0.4 is 4.74 Å². The Hall–Kier alpha value is -2.29. The first kappa shape index (κ1) is 27.7. The number of esters is 1. The Morgan fingerprint density at radius 1 is 0.750 bits per heavy atom. The fourth-order valence-corrected chi connectivity index (χ4v) is 5.41. The van der Waals surface area contributed by atoms with E-state index in [1.807, 2.05) is 27.7 Å². The van der Waals surface area contributed by atoms with Crippen molar-refractivity contribution in [1.29, 1.82) is 0 Å². The summed E-state index contributed by atoms with van der Waals surface area (Å²) in [6.45, 7) is 18.9. The van der Waals surface area contributed by atoms with Crippen molar-refractivity contribution in [3.63, 3.8) is 0 Å². The zero-order chi connectivity index (χ0) is 24.7. The molecule has 2 aromatic carbocycles. The lowest BCUT2D eigenvalue weighted by Crippen LogP contribution is -2.26. The van der Waals surface area contributed by atoms with Crippen LogP contribution in [0.1, 0.15) is 97.4 Å². The maximum absolute atomic E-state index is 9.59. The third kappa shape index (κ3) is 5.19. The summed E-state index contributed by atoms with van der Waals surface area (Å²) in [6.07, 6.45) is 2.37. The third-order valence-corrected chi connectivity index (χ3v) is 6.42. The van der Waals surface area contributed by atoms with Gasteiger partial charge in [0.2, 0.25) is 0 Å². The van der Waals surface area contributed by atoms with Crippen LogP contribution in [-0.2, 0) is 25.8 Å². The highest BCUT2D eigenvalue weighted by atomic mass is 16.5. The molecule has 0 heterocycles. The Kier molecular flexibility index (Phi) is 9.56. The van der Waals surface area contributed by atoms with E-state index in [1.165, 1.54) is 49.1 Å². The molecule has 0 N–H and O–H groups in total. The molecule has 0 aromatic heterocycles. The Labute approximate surface area is 196 Å². The molecule has 2 aliphatic carbocycles. The minimum absolute atomic E-state index is 0.132. The van der Waals surface area contributed by atoms with E-state index in [0.29, 0.717) is 0 Å². The van der Waals surface area contributed by atoms with Crippen molar-refractivity contribution in [1.82, 2.24) is 0 Å². The molecule has 2 aliphatic rings. The van der Waals surface area contributed by atoms with E-state index in [1.54, 1.807) is 7.11 Å². The number of benzene rings is 2. The normalized spacial score (nSPS) is 20.2. The van der Waals surface area contributed by atoms with Crippen LogP contribution in [0.25, 0.3) is 0 Å². The number of ether oxygens (including phenoxy) is 2. The topological polar surface area (TPSA) is 35.5 Å². The van der Waals surface area contributed by atoms with Gasteiger partial charge in [-0.3, -0.25) is 4.79 Å². The molecule has 4 rings (SSSR count). The van der Waals surface area contributed by atoms with Gasteiger partial charge in [0.05, 0.1) is 14.2 Å². The van der Waals surface area contributed by atoms with Crippen LogP contribution in [0.5, 0.6) is 5.75 Å². The Morgan fingerprint density at radius 2 is 1.19 bits per heavy atom. The first-order valence-corrected chi connectivity index (χ1v) is 11.9. The van der Waals surface area contributed by atoms with Gasteiger partial charge in [-0.2, -0.15) is 0 Å². The molecule has 2 aromatic rings. The van der Waals surface area contributed by atoms with Crippen LogP contribution >= 0.6 is 0 Å². The molecular weight excluding hydrogens is 396 g/mol. The number of rotatable bonds is 1. The lowest BCUT2D eigenvalue weighted by atomic mass is 9.72. The molecule has 1 spiro atoms.